The molecule has 3 aromatic heterocycles. The van der Waals surface area contributed by atoms with Gasteiger partial charge in [0.2, 0.25) is 11.8 Å². The van der Waals surface area contributed by atoms with Crippen LogP contribution in [0.3, 0.4) is 0 Å². The van der Waals surface area contributed by atoms with E-state index >= 15 is 0 Å². The van der Waals surface area contributed by atoms with Gasteiger partial charge in [-0.3, -0.25) is 14.5 Å². The summed E-state index contributed by atoms with van der Waals surface area (Å²) < 4.78 is 5.70. The largest absolute Gasteiger partial charge is 0.337 e. The van der Waals surface area contributed by atoms with Crippen LogP contribution in [0.1, 0.15) is 59.0 Å². The number of aryl methyl sites for hydroxylation is 3. The summed E-state index contributed by atoms with van der Waals surface area (Å²) in [5.41, 5.74) is -1.16. The summed E-state index contributed by atoms with van der Waals surface area (Å²) in [6.07, 6.45) is 7.28. The highest BCUT2D eigenvalue weighted by atomic mass is 16.2. The second kappa shape index (κ2) is 10.3. The molecule has 11 nitrogen and oxygen atoms in total. The molecular weight excluding hydrogens is 458 g/mol. The third-order valence-corrected chi connectivity index (χ3v) is 5.81. The van der Waals surface area contributed by atoms with Crippen LogP contribution in [0.15, 0.2) is 24.8 Å². The zero-order chi connectivity index (χ0) is 26.8. The molecule has 0 unspecified atom stereocenters. The summed E-state index contributed by atoms with van der Waals surface area (Å²) >= 11 is 0. The summed E-state index contributed by atoms with van der Waals surface area (Å²) in [4.78, 5) is 41.2. The van der Waals surface area contributed by atoms with Crippen molar-refractivity contribution in [2.75, 3.05) is 10.2 Å². The number of nitrogens with one attached hydrogen (secondary N) is 2. The van der Waals surface area contributed by atoms with Crippen LogP contribution in [0, 0.1) is 10.8 Å². The maximum atomic E-state index is 13.5. The molecule has 11 heteroatoms. The first kappa shape index (κ1) is 27.1. The fourth-order valence-corrected chi connectivity index (χ4v) is 3.45. The van der Waals surface area contributed by atoms with E-state index in [0.29, 0.717) is 30.5 Å². The van der Waals surface area contributed by atoms with Gasteiger partial charge >= 0.3 is 0 Å². The molecule has 0 bridgehead atoms. The van der Waals surface area contributed by atoms with Gasteiger partial charge in [0.1, 0.15) is 17.5 Å². The molecule has 196 valence electrons. The number of aromatic nitrogens is 6. The average molecular weight is 498 g/mol. The molecule has 0 aliphatic rings. The van der Waals surface area contributed by atoms with Crippen LogP contribution in [-0.2, 0) is 50.4 Å². The van der Waals surface area contributed by atoms with Gasteiger partial charge in [0.05, 0.1) is 19.6 Å². The lowest BCUT2D eigenvalue weighted by atomic mass is 9.94. The second-order valence-corrected chi connectivity index (χ2v) is 11.2. The van der Waals surface area contributed by atoms with Gasteiger partial charge in [0.15, 0.2) is 11.6 Å². The lowest BCUT2D eigenvalue weighted by Gasteiger charge is -2.27. The van der Waals surface area contributed by atoms with Crippen molar-refractivity contribution in [3.05, 3.63) is 42.3 Å². The number of anilines is 2. The monoisotopic (exact) mass is 497 g/mol. The first-order chi connectivity index (χ1) is 16.7. The van der Waals surface area contributed by atoms with Crippen molar-refractivity contribution in [1.29, 1.82) is 0 Å². The van der Waals surface area contributed by atoms with Gasteiger partial charge in [-0.2, -0.15) is 0 Å². The number of amides is 2. The number of carbonyl (C=O) groups excluding carboxylic acids is 2. The van der Waals surface area contributed by atoms with Gasteiger partial charge in [-0.1, -0.05) is 41.5 Å². The smallest absolute Gasteiger partial charge is 0.233 e. The van der Waals surface area contributed by atoms with Crippen LogP contribution in [0.25, 0.3) is 0 Å². The van der Waals surface area contributed by atoms with Crippen LogP contribution in [0.5, 0.6) is 0 Å². The fourth-order valence-electron chi connectivity index (χ4n) is 3.45. The molecule has 2 N–H and O–H groups in total. The Morgan fingerprint density at radius 3 is 2.08 bits per heavy atom. The normalized spacial score (nSPS) is 12.1. The molecule has 0 aliphatic carbocycles. The molecule has 0 saturated carbocycles. The van der Waals surface area contributed by atoms with Crippen molar-refractivity contribution in [3.63, 3.8) is 0 Å². The van der Waals surface area contributed by atoms with Crippen LogP contribution in [-0.4, -0.2) is 40.5 Å². The number of imidazole rings is 3. The Morgan fingerprint density at radius 1 is 0.861 bits per heavy atom. The van der Waals surface area contributed by atoms with Gasteiger partial charge in [-0.05, 0) is 0 Å². The van der Waals surface area contributed by atoms with E-state index in [0.717, 1.165) is 11.6 Å². The average Bonchev–Trinajstić information content (AvgIpc) is 3.43. The summed E-state index contributed by atoms with van der Waals surface area (Å²) in [5.74, 6) is 3.17. The van der Waals surface area contributed by atoms with E-state index in [-0.39, 0.29) is 18.4 Å². The number of nitrogens with zero attached hydrogens (tertiary/aromatic N) is 7. The van der Waals surface area contributed by atoms with Gasteiger partial charge in [-0.25, -0.2) is 15.0 Å². The Labute approximate surface area is 212 Å². The van der Waals surface area contributed by atoms with E-state index in [1.54, 1.807) is 17.3 Å². The number of hydrogen-bond donors (Lipinski definition) is 2. The van der Waals surface area contributed by atoms with E-state index in [2.05, 4.69) is 20.6 Å². The van der Waals surface area contributed by atoms with Crippen LogP contribution in [0.2, 0.25) is 0 Å². The minimum Gasteiger partial charge on any atom is -0.337 e. The zero-order valence-corrected chi connectivity index (χ0v) is 22.9. The van der Waals surface area contributed by atoms with E-state index in [1.807, 2.05) is 88.8 Å². The van der Waals surface area contributed by atoms with E-state index in [4.69, 9.17) is 4.98 Å². The standard InChI is InChI=1S/C25H39N9O2/c1-24(2,3)22(35)29-17-14-32(8)20(28-17)16-34(23(36)25(4,5)6)21-15-33(9)19(30-21)13-26-12-18-27-10-11-31(18)7/h10-11,14-15,26H,12-13,16H2,1-9H3,(H,29,35). The summed E-state index contributed by atoms with van der Waals surface area (Å²) in [6, 6.07) is 0. The van der Waals surface area contributed by atoms with Crippen LogP contribution < -0.4 is 15.5 Å². The first-order valence-corrected chi connectivity index (χ1v) is 12.0. The van der Waals surface area contributed by atoms with E-state index < -0.39 is 10.8 Å². The van der Waals surface area contributed by atoms with Crippen molar-refractivity contribution in [3.8, 4) is 0 Å². The Hall–Kier alpha value is -3.47. The highest BCUT2D eigenvalue weighted by Gasteiger charge is 2.31. The molecule has 0 aliphatic heterocycles. The highest BCUT2D eigenvalue weighted by molar-refractivity contribution is 5.96. The highest BCUT2D eigenvalue weighted by Crippen LogP contribution is 2.25. The van der Waals surface area contributed by atoms with Crippen LogP contribution >= 0.6 is 0 Å². The zero-order valence-electron chi connectivity index (χ0n) is 22.9. The maximum Gasteiger partial charge on any atom is 0.233 e. The predicted octanol–water partition coefficient (Wildman–Crippen LogP) is 2.74. The Kier molecular flexibility index (Phi) is 7.73. The van der Waals surface area contributed by atoms with Gasteiger partial charge in [-0.15, -0.1) is 0 Å². The third-order valence-electron chi connectivity index (χ3n) is 5.81. The molecular formula is C25H39N9O2. The predicted molar refractivity (Wildman–Crippen MR) is 139 cm³/mol. The molecule has 3 aromatic rings. The Balaban J connectivity index is 1.82. The van der Waals surface area contributed by atoms with Crippen molar-refractivity contribution < 1.29 is 9.59 Å². The summed E-state index contributed by atoms with van der Waals surface area (Å²) in [6.45, 7) is 12.5. The molecule has 0 aromatic carbocycles. The molecule has 2 amide bonds. The minimum absolute atomic E-state index is 0.0728. The van der Waals surface area contributed by atoms with Crippen molar-refractivity contribution in [1.82, 2.24) is 34.0 Å². The van der Waals surface area contributed by atoms with E-state index in [1.165, 1.54) is 0 Å². The molecule has 0 radical (unpaired) electrons. The molecule has 0 spiro atoms. The van der Waals surface area contributed by atoms with Crippen molar-refractivity contribution in [2.45, 2.75) is 61.2 Å². The molecule has 0 atom stereocenters. The SMILES string of the molecule is Cn1ccnc1CNCc1nc(N(Cc2nc(NC(=O)C(C)(C)C)cn2C)C(=O)C(C)(C)C)cn1C. The van der Waals surface area contributed by atoms with E-state index in [9.17, 15) is 9.59 Å². The fraction of sp³-hybridized carbons (Fsp3) is 0.560. The van der Waals surface area contributed by atoms with Crippen molar-refractivity contribution in [2.24, 2.45) is 32.0 Å². The molecule has 3 heterocycles. The van der Waals surface area contributed by atoms with Gasteiger partial charge < -0.3 is 24.3 Å². The number of rotatable bonds is 8. The Bertz CT molecular complexity index is 1220. The van der Waals surface area contributed by atoms with Crippen molar-refractivity contribution >= 4 is 23.5 Å². The lowest BCUT2D eigenvalue weighted by Crippen LogP contribution is -2.40. The summed E-state index contributed by atoms with van der Waals surface area (Å²) in [7, 11) is 5.71. The maximum absolute atomic E-state index is 13.5. The Morgan fingerprint density at radius 2 is 1.50 bits per heavy atom. The quantitative estimate of drug-likeness (QED) is 0.495. The molecule has 3 rings (SSSR count). The molecule has 0 saturated heterocycles. The van der Waals surface area contributed by atoms with Gasteiger partial charge in [0, 0.05) is 56.8 Å². The number of hydrogen-bond acceptors (Lipinski definition) is 6. The summed E-state index contributed by atoms with van der Waals surface area (Å²) in [5, 5.41) is 6.22. The van der Waals surface area contributed by atoms with Gasteiger partial charge in [0.25, 0.3) is 0 Å². The second-order valence-electron chi connectivity index (χ2n) is 11.2. The third kappa shape index (κ3) is 6.39. The number of carbonyl (C=O) groups is 2. The molecule has 36 heavy (non-hydrogen) atoms. The van der Waals surface area contributed by atoms with Crippen LogP contribution in [0.4, 0.5) is 11.6 Å². The first-order valence-electron chi connectivity index (χ1n) is 12.0. The molecule has 0 fully saturated rings. The topological polar surface area (TPSA) is 115 Å². The lowest BCUT2D eigenvalue weighted by molar-refractivity contribution is -0.126. The minimum atomic E-state index is -0.622.